The third kappa shape index (κ3) is 3.74. The Morgan fingerprint density at radius 2 is 2.18 bits per heavy atom. The first-order chi connectivity index (χ1) is 10.5. The van der Waals surface area contributed by atoms with Gasteiger partial charge in [-0.1, -0.05) is 23.1 Å². The molecular weight excluding hydrogens is 341 g/mol. The zero-order valence-corrected chi connectivity index (χ0v) is 14.2. The van der Waals surface area contributed by atoms with Crippen LogP contribution in [-0.4, -0.2) is 27.0 Å². The number of hydrogen-bond acceptors (Lipinski definition) is 5. The number of carbonyl (C=O) groups excluding carboxylic acids is 1. The van der Waals surface area contributed by atoms with Crippen molar-refractivity contribution in [1.29, 1.82) is 0 Å². The summed E-state index contributed by atoms with van der Waals surface area (Å²) >= 11 is 8.04. The van der Waals surface area contributed by atoms with E-state index in [1.807, 2.05) is 6.92 Å². The lowest BCUT2D eigenvalue weighted by atomic mass is 10.3. The predicted octanol–water partition coefficient (Wildman–Crippen LogP) is 3.56. The lowest BCUT2D eigenvalue weighted by Crippen LogP contribution is -2.32. The van der Waals surface area contributed by atoms with Crippen LogP contribution >= 0.6 is 35.3 Å². The quantitative estimate of drug-likeness (QED) is 0.658. The minimum Gasteiger partial charge on any atom is -0.352 e. The first-order valence-electron chi connectivity index (χ1n) is 6.86. The zero-order valence-electron chi connectivity index (χ0n) is 11.8. The summed E-state index contributed by atoms with van der Waals surface area (Å²) < 4.78 is 15.9. The average molecular weight is 355 g/mol. The van der Waals surface area contributed by atoms with Gasteiger partial charge in [0.1, 0.15) is 5.82 Å². The highest BCUT2D eigenvalue weighted by atomic mass is 32.2. The van der Waals surface area contributed by atoms with Crippen LogP contribution < -0.4 is 5.32 Å². The maximum atomic E-state index is 13.0. The number of aromatic nitrogens is 2. The molecule has 0 saturated heterocycles. The summed E-state index contributed by atoms with van der Waals surface area (Å²) in [6.45, 7) is 1.86. The molecule has 1 aliphatic rings. The van der Waals surface area contributed by atoms with E-state index < -0.39 is 0 Å². The number of thioether (sulfide) groups is 1. The number of hydrogen-bond donors (Lipinski definition) is 1. The molecule has 1 N–H and O–H groups in total. The topological polar surface area (TPSA) is 46.9 Å². The molecule has 2 aromatic rings. The second-order valence-corrected chi connectivity index (χ2v) is 8.28. The number of nitrogens with zero attached hydrogens (tertiary/aromatic N) is 2. The molecule has 1 amide bonds. The predicted molar refractivity (Wildman–Crippen MR) is 88.7 cm³/mol. The molecule has 0 spiro atoms. The largest absolute Gasteiger partial charge is 0.352 e. The van der Waals surface area contributed by atoms with Gasteiger partial charge in [0.15, 0.2) is 8.29 Å². The number of rotatable bonds is 5. The number of benzene rings is 1. The van der Waals surface area contributed by atoms with Crippen LogP contribution in [0.3, 0.4) is 0 Å². The minimum absolute atomic E-state index is 0.0296. The summed E-state index contributed by atoms with van der Waals surface area (Å²) in [6.07, 6.45) is 2.14. The number of nitrogens with one attached hydrogen (secondary N) is 1. The third-order valence-electron chi connectivity index (χ3n) is 3.17. The van der Waals surface area contributed by atoms with Crippen LogP contribution in [0.4, 0.5) is 4.39 Å². The Morgan fingerprint density at radius 3 is 2.82 bits per heavy atom. The SMILES string of the molecule is C[C@@H](Sc1nn(-c2ccc(F)cc2)c(=S)s1)C(=O)NC1CC1. The number of carbonyl (C=O) groups is 1. The Labute approximate surface area is 140 Å². The van der Waals surface area contributed by atoms with Crippen LogP contribution in [0.2, 0.25) is 0 Å². The maximum absolute atomic E-state index is 13.0. The van der Waals surface area contributed by atoms with Crippen LogP contribution in [0.1, 0.15) is 19.8 Å². The van der Waals surface area contributed by atoms with E-state index in [0.29, 0.717) is 15.7 Å². The van der Waals surface area contributed by atoms with Crippen molar-refractivity contribution in [2.45, 2.75) is 35.4 Å². The standard InChI is InChI=1S/C14H14FN3OS3/c1-8(12(19)16-10-4-5-10)21-13-17-18(14(20)22-13)11-6-2-9(15)3-7-11/h2-3,6-8,10H,4-5H2,1H3,(H,16,19)/t8-/m1/s1. The molecule has 0 bridgehead atoms. The zero-order chi connectivity index (χ0) is 15.7. The fourth-order valence-corrected chi connectivity index (χ4v) is 4.32. The van der Waals surface area contributed by atoms with Crippen LogP contribution in [-0.2, 0) is 4.79 Å². The molecule has 8 heteroatoms. The Morgan fingerprint density at radius 1 is 1.50 bits per heavy atom. The molecular formula is C14H14FN3OS3. The van der Waals surface area contributed by atoms with E-state index in [9.17, 15) is 9.18 Å². The fourth-order valence-electron chi connectivity index (χ4n) is 1.80. The van der Waals surface area contributed by atoms with Gasteiger partial charge in [-0.25, -0.2) is 9.07 Å². The second kappa shape index (κ2) is 6.47. The lowest BCUT2D eigenvalue weighted by molar-refractivity contribution is -0.120. The summed E-state index contributed by atoms with van der Waals surface area (Å²) in [7, 11) is 0. The van der Waals surface area contributed by atoms with E-state index in [-0.39, 0.29) is 17.0 Å². The summed E-state index contributed by atoms with van der Waals surface area (Å²) in [6, 6.07) is 6.35. The van der Waals surface area contributed by atoms with E-state index in [1.165, 1.54) is 35.2 Å². The van der Waals surface area contributed by atoms with Crippen molar-refractivity contribution in [3.05, 3.63) is 34.0 Å². The van der Waals surface area contributed by atoms with Crippen molar-refractivity contribution in [1.82, 2.24) is 15.1 Å². The summed E-state index contributed by atoms with van der Waals surface area (Å²) in [4.78, 5) is 12.0. The van der Waals surface area contributed by atoms with Crippen molar-refractivity contribution in [2.24, 2.45) is 0 Å². The fraction of sp³-hybridized carbons (Fsp3) is 0.357. The van der Waals surface area contributed by atoms with Crippen molar-refractivity contribution in [3.8, 4) is 5.69 Å². The maximum Gasteiger partial charge on any atom is 0.233 e. The van der Waals surface area contributed by atoms with Crippen LogP contribution in [0, 0.1) is 9.77 Å². The molecule has 0 unspecified atom stereocenters. The minimum atomic E-state index is -0.300. The summed E-state index contributed by atoms with van der Waals surface area (Å²) in [5.74, 6) is -0.271. The summed E-state index contributed by atoms with van der Waals surface area (Å²) in [5.41, 5.74) is 0.713. The molecule has 3 rings (SSSR count). The van der Waals surface area contributed by atoms with Crippen LogP contribution in [0.5, 0.6) is 0 Å². The Bertz CT molecular complexity index is 737. The lowest BCUT2D eigenvalue weighted by Gasteiger charge is -2.09. The van der Waals surface area contributed by atoms with E-state index in [2.05, 4.69) is 10.4 Å². The van der Waals surface area contributed by atoms with Gasteiger partial charge in [0.05, 0.1) is 10.9 Å². The van der Waals surface area contributed by atoms with E-state index in [4.69, 9.17) is 12.2 Å². The molecule has 1 aromatic heterocycles. The smallest absolute Gasteiger partial charge is 0.233 e. The molecule has 1 saturated carbocycles. The van der Waals surface area contributed by atoms with Gasteiger partial charge in [0.25, 0.3) is 0 Å². The number of halogens is 1. The third-order valence-corrected chi connectivity index (χ3v) is 5.59. The number of amides is 1. The van der Waals surface area contributed by atoms with Gasteiger partial charge in [-0.05, 0) is 56.2 Å². The van der Waals surface area contributed by atoms with Gasteiger partial charge in [0, 0.05) is 6.04 Å². The van der Waals surface area contributed by atoms with Crippen LogP contribution in [0.25, 0.3) is 5.69 Å². The van der Waals surface area contributed by atoms with Gasteiger partial charge in [-0.15, -0.1) is 5.10 Å². The highest BCUT2D eigenvalue weighted by Crippen LogP contribution is 2.28. The molecule has 1 aromatic carbocycles. The van der Waals surface area contributed by atoms with Gasteiger partial charge in [-0.2, -0.15) is 0 Å². The van der Waals surface area contributed by atoms with E-state index in [0.717, 1.165) is 17.2 Å². The molecule has 1 aliphatic carbocycles. The van der Waals surface area contributed by atoms with Crippen molar-refractivity contribution < 1.29 is 9.18 Å². The molecule has 116 valence electrons. The Balaban J connectivity index is 1.72. The van der Waals surface area contributed by atoms with E-state index >= 15 is 0 Å². The van der Waals surface area contributed by atoms with Gasteiger partial charge in [0.2, 0.25) is 5.91 Å². The van der Waals surface area contributed by atoms with Gasteiger partial charge < -0.3 is 5.32 Å². The molecule has 22 heavy (non-hydrogen) atoms. The van der Waals surface area contributed by atoms with Crippen LogP contribution in [0.15, 0.2) is 28.6 Å². The molecule has 0 aliphatic heterocycles. The van der Waals surface area contributed by atoms with Gasteiger partial charge in [-0.3, -0.25) is 4.79 Å². The molecule has 1 fully saturated rings. The first kappa shape index (κ1) is 15.6. The monoisotopic (exact) mass is 355 g/mol. The molecule has 4 nitrogen and oxygen atoms in total. The van der Waals surface area contributed by atoms with Crippen molar-refractivity contribution in [3.63, 3.8) is 0 Å². The molecule has 1 heterocycles. The molecule has 0 radical (unpaired) electrons. The average Bonchev–Trinajstić information content (AvgIpc) is 3.22. The highest BCUT2D eigenvalue weighted by Gasteiger charge is 2.26. The summed E-state index contributed by atoms with van der Waals surface area (Å²) in [5, 5.41) is 7.17. The van der Waals surface area contributed by atoms with Crippen molar-refractivity contribution in [2.75, 3.05) is 0 Å². The first-order valence-corrected chi connectivity index (χ1v) is 8.96. The highest BCUT2D eigenvalue weighted by molar-refractivity contribution is 8.02. The van der Waals surface area contributed by atoms with Crippen molar-refractivity contribution >= 4 is 41.2 Å². The Kier molecular flexibility index (Phi) is 4.60. The second-order valence-electron chi connectivity index (χ2n) is 5.07. The normalized spacial score (nSPS) is 15.5. The van der Waals surface area contributed by atoms with Gasteiger partial charge >= 0.3 is 0 Å². The Hall–Kier alpha value is -1.25. The van der Waals surface area contributed by atoms with E-state index in [1.54, 1.807) is 16.8 Å². The molecule has 1 atom stereocenters.